The molecule has 1 saturated heterocycles. The molecule has 5 heteroatoms. The molecule has 1 aromatic rings. The molecule has 0 radical (unpaired) electrons. The van der Waals surface area contributed by atoms with Crippen LogP contribution in [-0.4, -0.2) is 39.9 Å². The summed E-state index contributed by atoms with van der Waals surface area (Å²) in [5.74, 6) is 0. The van der Waals surface area contributed by atoms with Crippen molar-refractivity contribution in [2.45, 2.75) is 59.2 Å². The fourth-order valence-corrected chi connectivity index (χ4v) is 3.25. The number of hydrogen-bond acceptors (Lipinski definition) is 3. The zero-order chi connectivity index (χ0) is 14.8. The van der Waals surface area contributed by atoms with Crippen LogP contribution in [0.15, 0.2) is 0 Å². The van der Waals surface area contributed by atoms with Crippen molar-refractivity contribution >= 4 is 11.6 Å². The van der Waals surface area contributed by atoms with Gasteiger partial charge in [0.2, 0.25) is 0 Å². The third kappa shape index (κ3) is 2.87. The predicted octanol–water partition coefficient (Wildman–Crippen LogP) is 2.69. The van der Waals surface area contributed by atoms with E-state index in [0.717, 1.165) is 56.3 Å². The van der Waals surface area contributed by atoms with Gasteiger partial charge >= 0.3 is 0 Å². The number of nitrogens with zero attached hydrogens (tertiary/aromatic N) is 3. The predicted molar refractivity (Wildman–Crippen MR) is 84.3 cm³/mol. The molecule has 0 saturated carbocycles. The molecule has 1 fully saturated rings. The van der Waals surface area contributed by atoms with Crippen LogP contribution in [0.25, 0.3) is 0 Å². The van der Waals surface area contributed by atoms with Crippen LogP contribution in [0.4, 0.5) is 0 Å². The summed E-state index contributed by atoms with van der Waals surface area (Å²) in [4.78, 5) is 2.55. The Bertz CT molecular complexity index is 457. The lowest BCUT2D eigenvalue weighted by Crippen LogP contribution is -2.58. The molecule has 2 heterocycles. The molecule has 0 amide bonds. The standard InChI is InChI=1S/C15H27ClN4/c1-5-12-14(16)13(20(7-3)18-12)10-19-9-8-17-11-15(19,4)6-2/h17H,5-11H2,1-4H3. The molecule has 2 rings (SSSR count). The Morgan fingerprint density at radius 1 is 1.35 bits per heavy atom. The summed E-state index contributed by atoms with van der Waals surface area (Å²) in [6.45, 7) is 13.8. The second-order valence-electron chi connectivity index (χ2n) is 5.83. The first-order valence-corrected chi connectivity index (χ1v) is 8.13. The average molecular weight is 299 g/mol. The molecule has 20 heavy (non-hydrogen) atoms. The van der Waals surface area contributed by atoms with Gasteiger partial charge in [0.1, 0.15) is 0 Å². The fourth-order valence-electron chi connectivity index (χ4n) is 2.92. The van der Waals surface area contributed by atoms with Crippen LogP contribution in [0.1, 0.15) is 45.5 Å². The molecule has 114 valence electrons. The maximum absolute atomic E-state index is 6.54. The van der Waals surface area contributed by atoms with Gasteiger partial charge in [0, 0.05) is 38.3 Å². The zero-order valence-electron chi connectivity index (χ0n) is 13.2. The lowest BCUT2D eigenvalue weighted by atomic mass is 9.94. The van der Waals surface area contributed by atoms with Gasteiger partial charge in [-0.2, -0.15) is 5.10 Å². The Morgan fingerprint density at radius 2 is 2.10 bits per heavy atom. The molecule has 0 bridgehead atoms. The molecule has 1 aliphatic heterocycles. The average Bonchev–Trinajstić information content (AvgIpc) is 2.77. The van der Waals surface area contributed by atoms with Crippen molar-refractivity contribution in [3.63, 3.8) is 0 Å². The molecule has 1 aliphatic rings. The third-order valence-electron chi connectivity index (χ3n) is 4.62. The highest BCUT2D eigenvalue weighted by Crippen LogP contribution is 2.28. The van der Waals surface area contributed by atoms with Gasteiger partial charge in [-0.3, -0.25) is 9.58 Å². The van der Waals surface area contributed by atoms with E-state index in [1.54, 1.807) is 0 Å². The molecule has 0 aromatic carbocycles. The number of aromatic nitrogens is 2. The van der Waals surface area contributed by atoms with E-state index in [1.807, 2.05) is 0 Å². The molecular weight excluding hydrogens is 272 g/mol. The number of nitrogens with one attached hydrogen (secondary N) is 1. The molecule has 1 atom stereocenters. The number of aryl methyl sites for hydroxylation is 2. The summed E-state index contributed by atoms with van der Waals surface area (Å²) >= 11 is 6.54. The normalized spacial score (nSPS) is 24.2. The second-order valence-corrected chi connectivity index (χ2v) is 6.20. The van der Waals surface area contributed by atoms with Gasteiger partial charge in [-0.05, 0) is 26.7 Å². The Hall–Kier alpha value is -0.580. The largest absolute Gasteiger partial charge is 0.314 e. The van der Waals surface area contributed by atoms with Crippen LogP contribution >= 0.6 is 11.6 Å². The first-order chi connectivity index (χ1) is 9.55. The van der Waals surface area contributed by atoms with Gasteiger partial charge in [-0.1, -0.05) is 25.4 Å². The van der Waals surface area contributed by atoms with Crippen LogP contribution in [0.3, 0.4) is 0 Å². The van der Waals surface area contributed by atoms with Gasteiger partial charge in [0.15, 0.2) is 0 Å². The Kier molecular flexibility index (Phi) is 5.10. The van der Waals surface area contributed by atoms with Crippen LogP contribution < -0.4 is 5.32 Å². The topological polar surface area (TPSA) is 33.1 Å². The van der Waals surface area contributed by atoms with E-state index in [1.165, 1.54) is 5.69 Å². The molecule has 1 unspecified atom stereocenters. The van der Waals surface area contributed by atoms with E-state index in [2.05, 4.69) is 47.7 Å². The van der Waals surface area contributed by atoms with E-state index in [-0.39, 0.29) is 5.54 Å². The Balaban J connectivity index is 2.26. The Labute approximate surface area is 127 Å². The second kappa shape index (κ2) is 6.46. The highest BCUT2D eigenvalue weighted by atomic mass is 35.5. The summed E-state index contributed by atoms with van der Waals surface area (Å²) in [5, 5.41) is 9.00. The maximum atomic E-state index is 6.54. The van der Waals surface area contributed by atoms with Crippen molar-refractivity contribution < 1.29 is 0 Å². The summed E-state index contributed by atoms with van der Waals surface area (Å²) in [7, 11) is 0. The van der Waals surface area contributed by atoms with Crippen molar-refractivity contribution in [3.8, 4) is 0 Å². The number of piperazine rings is 1. The quantitative estimate of drug-likeness (QED) is 0.907. The van der Waals surface area contributed by atoms with E-state index in [0.29, 0.717) is 0 Å². The molecule has 1 N–H and O–H groups in total. The third-order valence-corrected chi connectivity index (χ3v) is 5.06. The number of halogens is 1. The monoisotopic (exact) mass is 298 g/mol. The summed E-state index contributed by atoms with van der Waals surface area (Å²) in [6.07, 6.45) is 2.03. The van der Waals surface area contributed by atoms with Crippen molar-refractivity contribution in [3.05, 3.63) is 16.4 Å². The van der Waals surface area contributed by atoms with E-state index in [9.17, 15) is 0 Å². The number of hydrogen-bond donors (Lipinski definition) is 1. The Morgan fingerprint density at radius 3 is 2.70 bits per heavy atom. The van der Waals surface area contributed by atoms with Crippen molar-refractivity contribution in [2.75, 3.05) is 19.6 Å². The molecular formula is C15H27ClN4. The minimum Gasteiger partial charge on any atom is -0.314 e. The van der Waals surface area contributed by atoms with Crippen LogP contribution in [-0.2, 0) is 19.5 Å². The first-order valence-electron chi connectivity index (χ1n) is 7.75. The van der Waals surface area contributed by atoms with Gasteiger partial charge in [-0.25, -0.2) is 0 Å². The summed E-state index contributed by atoms with van der Waals surface area (Å²) < 4.78 is 2.07. The summed E-state index contributed by atoms with van der Waals surface area (Å²) in [5.41, 5.74) is 2.40. The minimum absolute atomic E-state index is 0.205. The van der Waals surface area contributed by atoms with Crippen molar-refractivity contribution in [2.24, 2.45) is 0 Å². The van der Waals surface area contributed by atoms with E-state index < -0.39 is 0 Å². The first kappa shape index (κ1) is 15.8. The van der Waals surface area contributed by atoms with Gasteiger partial charge in [0.25, 0.3) is 0 Å². The zero-order valence-corrected chi connectivity index (χ0v) is 13.9. The fraction of sp³-hybridized carbons (Fsp3) is 0.800. The van der Waals surface area contributed by atoms with Crippen LogP contribution in [0.5, 0.6) is 0 Å². The molecule has 0 aliphatic carbocycles. The summed E-state index contributed by atoms with van der Waals surface area (Å²) in [6, 6.07) is 0. The van der Waals surface area contributed by atoms with Crippen LogP contribution in [0, 0.1) is 0 Å². The molecule has 4 nitrogen and oxygen atoms in total. The van der Waals surface area contributed by atoms with Crippen molar-refractivity contribution in [1.29, 1.82) is 0 Å². The minimum atomic E-state index is 0.205. The van der Waals surface area contributed by atoms with Gasteiger partial charge < -0.3 is 5.32 Å². The van der Waals surface area contributed by atoms with Crippen molar-refractivity contribution in [1.82, 2.24) is 20.0 Å². The van der Waals surface area contributed by atoms with Crippen LogP contribution in [0.2, 0.25) is 5.02 Å². The highest BCUT2D eigenvalue weighted by Gasteiger charge is 2.33. The van der Waals surface area contributed by atoms with E-state index in [4.69, 9.17) is 11.6 Å². The lowest BCUT2D eigenvalue weighted by Gasteiger charge is -2.45. The maximum Gasteiger partial charge on any atom is 0.0863 e. The lowest BCUT2D eigenvalue weighted by molar-refractivity contribution is 0.0612. The SMILES string of the molecule is CCc1nn(CC)c(CN2CCNCC2(C)CC)c1Cl. The molecule has 0 spiro atoms. The smallest absolute Gasteiger partial charge is 0.0863 e. The molecule has 1 aromatic heterocycles. The van der Waals surface area contributed by atoms with E-state index >= 15 is 0 Å². The van der Waals surface area contributed by atoms with Gasteiger partial charge in [-0.15, -0.1) is 0 Å². The van der Waals surface area contributed by atoms with Gasteiger partial charge in [0.05, 0.1) is 16.4 Å². The highest BCUT2D eigenvalue weighted by molar-refractivity contribution is 6.31. The number of rotatable bonds is 5.